The van der Waals surface area contributed by atoms with Gasteiger partial charge < -0.3 is 15.4 Å². The number of benzene rings is 1. The van der Waals surface area contributed by atoms with Crippen molar-refractivity contribution in [3.63, 3.8) is 0 Å². The molecule has 0 saturated carbocycles. The predicted octanol–water partition coefficient (Wildman–Crippen LogP) is 3.42. The molecule has 1 atom stereocenters. The van der Waals surface area contributed by atoms with Gasteiger partial charge in [-0.15, -0.1) is 0 Å². The molecule has 0 radical (unpaired) electrons. The lowest BCUT2D eigenvalue weighted by Gasteiger charge is -2.18. The number of hydrogen-bond acceptors (Lipinski definition) is 3. The van der Waals surface area contributed by atoms with Crippen molar-refractivity contribution in [2.24, 2.45) is 5.92 Å². The highest BCUT2D eigenvalue weighted by Gasteiger charge is 2.14. The van der Waals surface area contributed by atoms with E-state index in [0.717, 1.165) is 22.3 Å². The van der Waals surface area contributed by atoms with Crippen LogP contribution >= 0.6 is 15.9 Å². The van der Waals surface area contributed by atoms with Crippen LogP contribution in [0.1, 0.15) is 27.2 Å². The Morgan fingerprint density at radius 2 is 2.05 bits per heavy atom. The quantitative estimate of drug-likeness (QED) is 0.798. The van der Waals surface area contributed by atoms with Crippen molar-refractivity contribution in [2.45, 2.75) is 33.2 Å². The molecular formula is C15H23BrN2O2. The maximum Gasteiger partial charge on any atom is 0.242 e. The number of amides is 1. The van der Waals surface area contributed by atoms with Crippen LogP contribution in [-0.2, 0) is 4.79 Å². The molecule has 1 unspecified atom stereocenters. The van der Waals surface area contributed by atoms with Crippen molar-refractivity contribution in [2.75, 3.05) is 19.0 Å². The number of nitrogens with one attached hydrogen (secondary N) is 2. The van der Waals surface area contributed by atoms with E-state index >= 15 is 0 Å². The summed E-state index contributed by atoms with van der Waals surface area (Å²) in [5.41, 5.74) is 0.799. The van der Waals surface area contributed by atoms with Gasteiger partial charge in [-0.3, -0.25) is 4.79 Å². The largest absolute Gasteiger partial charge is 0.495 e. The Hall–Kier alpha value is -1.23. The summed E-state index contributed by atoms with van der Waals surface area (Å²) < 4.78 is 6.22. The molecular weight excluding hydrogens is 320 g/mol. The van der Waals surface area contributed by atoms with Crippen molar-refractivity contribution in [1.29, 1.82) is 0 Å². The zero-order valence-corrected chi connectivity index (χ0v) is 14.1. The average Bonchev–Trinajstić information content (AvgIpc) is 2.38. The normalized spacial score (nSPS) is 12.1. The molecule has 1 amide bonds. The zero-order chi connectivity index (χ0) is 15.1. The van der Waals surface area contributed by atoms with E-state index in [4.69, 9.17) is 4.74 Å². The second-order valence-corrected chi connectivity index (χ2v) is 6.10. The van der Waals surface area contributed by atoms with Crippen LogP contribution < -0.4 is 15.4 Å². The van der Waals surface area contributed by atoms with Crippen LogP contribution in [0.3, 0.4) is 0 Å². The van der Waals surface area contributed by atoms with Crippen LogP contribution in [-0.4, -0.2) is 25.6 Å². The summed E-state index contributed by atoms with van der Waals surface area (Å²) in [6.45, 7) is 6.82. The van der Waals surface area contributed by atoms with Gasteiger partial charge in [0.05, 0.1) is 12.8 Å². The molecule has 0 fully saturated rings. The summed E-state index contributed by atoms with van der Waals surface area (Å²) in [6, 6.07) is 5.34. The molecule has 5 heteroatoms. The Labute approximate surface area is 129 Å². The van der Waals surface area contributed by atoms with E-state index in [0.29, 0.717) is 12.5 Å². The van der Waals surface area contributed by atoms with Crippen LogP contribution in [0.2, 0.25) is 0 Å². The van der Waals surface area contributed by atoms with Gasteiger partial charge in [0.1, 0.15) is 11.8 Å². The summed E-state index contributed by atoms with van der Waals surface area (Å²) in [7, 11) is 1.61. The average molecular weight is 343 g/mol. The van der Waals surface area contributed by atoms with Crippen molar-refractivity contribution in [3.8, 4) is 5.75 Å². The van der Waals surface area contributed by atoms with Gasteiger partial charge in [0.15, 0.2) is 0 Å². The molecule has 2 N–H and O–H groups in total. The highest BCUT2D eigenvalue weighted by Crippen LogP contribution is 2.28. The third kappa shape index (κ3) is 5.41. The summed E-state index contributed by atoms with van der Waals surface area (Å²) in [4.78, 5) is 12.0. The summed E-state index contributed by atoms with van der Waals surface area (Å²) in [5, 5.41) is 6.11. The van der Waals surface area contributed by atoms with E-state index < -0.39 is 0 Å². The van der Waals surface area contributed by atoms with Gasteiger partial charge >= 0.3 is 0 Å². The minimum absolute atomic E-state index is 0.00678. The first-order valence-corrected chi connectivity index (χ1v) is 7.61. The number of carbonyl (C=O) groups excluding carboxylic acids is 1. The van der Waals surface area contributed by atoms with Crippen molar-refractivity contribution < 1.29 is 9.53 Å². The van der Waals surface area contributed by atoms with Crippen LogP contribution in [0.5, 0.6) is 5.75 Å². The topological polar surface area (TPSA) is 50.4 Å². The second kappa shape index (κ2) is 8.15. The van der Waals surface area contributed by atoms with E-state index in [1.807, 2.05) is 25.1 Å². The number of methoxy groups -OCH3 is 1. The number of anilines is 1. The van der Waals surface area contributed by atoms with Crippen LogP contribution in [0.15, 0.2) is 22.7 Å². The first-order chi connectivity index (χ1) is 9.43. The van der Waals surface area contributed by atoms with Crippen molar-refractivity contribution >= 4 is 27.5 Å². The second-order valence-electron chi connectivity index (χ2n) is 5.18. The summed E-state index contributed by atoms with van der Waals surface area (Å²) >= 11 is 3.41. The van der Waals surface area contributed by atoms with E-state index in [2.05, 4.69) is 40.4 Å². The lowest BCUT2D eigenvalue weighted by Crippen LogP contribution is -2.38. The van der Waals surface area contributed by atoms with Gasteiger partial charge in [0.2, 0.25) is 5.91 Å². The molecule has 0 aliphatic heterocycles. The van der Waals surface area contributed by atoms with E-state index in [1.165, 1.54) is 0 Å². The highest BCUT2D eigenvalue weighted by atomic mass is 79.9. The fourth-order valence-corrected chi connectivity index (χ4v) is 2.09. The van der Waals surface area contributed by atoms with E-state index in [9.17, 15) is 4.79 Å². The standard InChI is InChI=1S/C15H23BrN2O2/c1-10(2)7-8-17-15(19)11(3)18-13-9-12(16)5-6-14(13)20-4/h5-6,9-11,18H,7-8H2,1-4H3,(H,17,19). The maximum absolute atomic E-state index is 12.0. The fourth-order valence-electron chi connectivity index (χ4n) is 1.73. The number of hydrogen-bond donors (Lipinski definition) is 2. The molecule has 0 heterocycles. The molecule has 1 rings (SSSR count). The fraction of sp³-hybridized carbons (Fsp3) is 0.533. The van der Waals surface area contributed by atoms with Gasteiger partial charge in [-0.2, -0.15) is 0 Å². The number of rotatable bonds is 7. The third-order valence-electron chi connectivity index (χ3n) is 2.95. The number of halogens is 1. The first-order valence-electron chi connectivity index (χ1n) is 6.81. The molecule has 1 aromatic carbocycles. The molecule has 1 aromatic rings. The Kier molecular flexibility index (Phi) is 6.85. The molecule has 0 aliphatic rings. The maximum atomic E-state index is 12.0. The number of carbonyl (C=O) groups is 1. The molecule has 20 heavy (non-hydrogen) atoms. The van der Waals surface area contributed by atoms with Gasteiger partial charge in [-0.05, 0) is 37.5 Å². The first kappa shape index (κ1) is 16.8. The summed E-state index contributed by atoms with van der Waals surface area (Å²) in [6.07, 6.45) is 0.985. The van der Waals surface area contributed by atoms with E-state index in [-0.39, 0.29) is 11.9 Å². The van der Waals surface area contributed by atoms with E-state index in [1.54, 1.807) is 7.11 Å². The summed E-state index contributed by atoms with van der Waals surface area (Å²) in [5.74, 6) is 1.30. The molecule has 0 bridgehead atoms. The molecule has 0 aromatic heterocycles. The van der Waals surface area contributed by atoms with Gasteiger partial charge in [0.25, 0.3) is 0 Å². The third-order valence-corrected chi connectivity index (χ3v) is 3.44. The highest BCUT2D eigenvalue weighted by molar-refractivity contribution is 9.10. The lowest BCUT2D eigenvalue weighted by atomic mass is 10.1. The van der Waals surface area contributed by atoms with Crippen LogP contribution in [0, 0.1) is 5.92 Å². The number of ether oxygens (including phenoxy) is 1. The Morgan fingerprint density at radius 1 is 1.35 bits per heavy atom. The Bertz CT molecular complexity index is 449. The molecule has 112 valence electrons. The SMILES string of the molecule is COc1ccc(Br)cc1NC(C)C(=O)NCCC(C)C. The zero-order valence-electron chi connectivity index (χ0n) is 12.5. The molecule has 4 nitrogen and oxygen atoms in total. The Morgan fingerprint density at radius 3 is 2.65 bits per heavy atom. The molecule has 0 aliphatic carbocycles. The predicted molar refractivity (Wildman–Crippen MR) is 86.2 cm³/mol. The van der Waals surface area contributed by atoms with Crippen molar-refractivity contribution in [1.82, 2.24) is 5.32 Å². The smallest absolute Gasteiger partial charge is 0.242 e. The van der Waals surface area contributed by atoms with Crippen LogP contribution in [0.4, 0.5) is 5.69 Å². The lowest BCUT2D eigenvalue weighted by molar-refractivity contribution is -0.121. The Balaban J connectivity index is 2.58. The monoisotopic (exact) mass is 342 g/mol. The molecule has 0 saturated heterocycles. The van der Waals surface area contributed by atoms with Gasteiger partial charge in [0, 0.05) is 11.0 Å². The van der Waals surface area contributed by atoms with Gasteiger partial charge in [-0.25, -0.2) is 0 Å². The van der Waals surface area contributed by atoms with Crippen molar-refractivity contribution in [3.05, 3.63) is 22.7 Å². The molecule has 0 spiro atoms. The van der Waals surface area contributed by atoms with Crippen LogP contribution in [0.25, 0.3) is 0 Å². The minimum Gasteiger partial charge on any atom is -0.495 e. The van der Waals surface area contributed by atoms with Gasteiger partial charge in [-0.1, -0.05) is 29.8 Å². The minimum atomic E-state index is -0.314.